The van der Waals surface area contributed by atoms with Gasteiger partial charge in [-0.05, 0) is 75.5 Å². The van der Waals surface area contributed by atoms with E-state index in [0.29, 0.717) is 17.8 Å². The minimum absolute atomic E-state index is 0.0532. The molecule has 44 heavy (non-hydrogen) atoms. The van der Waals surface area contributed by atoms with Crippen LogP contribution in [0.3, 0.4) is 0 Å². The highest BCUT2D eigenvalue weighted by molar-refractivity contribution is 7.92. The number of rotatable bonds is 9. The second-order valence-electron chi connectivity index (χ2n) is 12.6. The van der Waals surface area contributed by atoms with E-state index < -0.39 is 21.9 Å². The fourth-order valence-corrected chi connectivity index (χ4v) is 6.87. The molecule has 3 aromatic rings. The van der Waals surface area contributed by atoms with Crippen LogP contribution in [0.4, 0.5) is 5.69 Å². The van der Waals surface area contributed by atoms with Gasteiger partial charge in [0.15, 0.2) is 6.29 Å². The van der Waals surface area contributed by atoms with Gasteiger partial charge >= 0.3 is 5.97 Å². The van der Waals surface area contributed by atoms with Crippen molar-refractivity contribution in [2.75, 3.05) is 17.8 Å². The maximum Gasteiger partial charge on any atom is 0.323 e. The Kier molecular flexibility index (Phi) is 9.77. The van der Waals surface area contributed by atoms with E-state index in [1.165, 1.54) is 0 Å². The molecular weight excluding hydrogens is 580 g/mol. The number of nitrogens with zero attached hydrogens (tertiary/aromatic N) is 1. The topological polar surface area (TPSA) is 114 Å². The molecule has 0 radical (unpaired) electrons. The molecule has 5 atom stereocenters. The van der Waals surface area contributed by atoms with Crippen molar-refractivity contribution in [1.82, 2.24) is 4.90 Å². The van der Waals surface area contributed by atoms with Gasteiger partial charge in [-0.15, -0.1) is 0 Å². The summed E-state index contributed by atoms with van der Waals surface area (Å²) in [4.78, 5) is 15.4. The zero-order valence-electron chi connectivity index (χ0n) is 25.7. The van der Waals surface area contributed by atoms with Crippen LogP contribution in [0.2, 0.25) is 0 Å². The van der Waals surface area contributed by atoms with Crippen LogP contribution in [0, 0.1) is 5.92 Å². The largest absolute Gasteiger partial charge is 0.459 e. The normalized spacial score (nSPS) is 24.6. The lowest BCUT2D eigenvalue weighted by Crippen LogP contribution is -2.48. The van der Waals surface area contributed by atoms with Crippen LogP contribution in [0.25, 0.3) is 0 Å². The molecule has 0 amide bonds. The van der Waals surface area contributed by atoms with Gasteiger partial charge in [0.1, 0.15) is 11.6 Å². The van der Waals surface area contributed by atoms with Gasteiger partial charge in [0.05, 0.1) is 23.7 Å². The van der Waals surface area contributed by atoms with Crippen LogP contribution >= 0.6 is 0 Å². The average Bonchev–Trinajstić information content (AvgIpc) is 3.46. The minimum atomic E-state index is -3.79. The molecule has 3 aromatic carbocycles. The second-order valence-corrected chi connectivity index (χ2v) is 14.2. The molecule has 2 aliphatic rings. The van der Waals surface area contributed by atoms with E-state index in [1.54, 1.807) is 48.5 Å². The number of anilines is 1. The van der Waals surface area contributed by atoms with E-state index in [-0.39, 0.29) is 41.6 Å². The van der Waals surface area contributed by atoms with Gasteiger partial charge in [0.2, 0.25) is 0 Å². The van der Waals surface area contributed by atoms with Gasteiger partial charge in [-0.2, -0.15) is 0 Å². The summed E-state index contributed by atoms with van der Waals surface area (Å²) in [5.41, 5.74) is 2.23. The van der Waals surface area contributed by atoms with Crippen molar-refractivity contribution in [3.05, 3.63) is 95.6 Å². The summed E-state index contributed by atoms with van der Waals surface area (Å²) in [6.45, 7) is 8.92. The molecule has 0 spiro atoms. The maximum atomic E-state index is 13.1. The Hall–Kier alpha value is -3.28. The van der Waals surface area contributed by atoms with Crippen LogP contribution in [-0.2, 0) is 35.6 Å². The number of likely N-dealkylation sites (tertiary alicyclic amines) is 1. The lowest BCUT2D eigenvalue weighted by molar-refractivity contribution is -0.276. The van der Waals surface area contributed by atoms with Crippen molar-refractivity contribution < 1.29 is 32.5 Å². The first-order valence-corrected chi connectivity index (χ1v) is 16.6. The minimum Gasteiger partial charge on any atom is -0.459 e. The molecule has 9 nitrogen and oxygen atoms in total. The zero-order valence-corrected chi connectivity index (χ0v) is 26.5. The summed E-state index contributed by atoms with van der Waals surface area (Å²) in [5.74, 6) is -0.299. The van der Waals surface area contributed by atoms with Crippen molar-refractivity contribution in [3.8, 4) is 0 Å². The van der Waals surface area contributed by atoms with Crippen LogP contribution in [0.1, 0.15) is 69.6 Å². The zero-order chi connectivity index (χ0) is 31.5. The van der Waals surface area contributed by atoms with Gasteiger partial charge in [-0.3, -0.25) is 14.4 Å². The second kappa shape index (κ2) is 13.4. The molecule has 2 saturated heterocycles. The molecule has 236 valence electrons. The molecule has 2 fully saturated rings. The summed E-state index contributed by atoms with van der Waals surface area (Å²) in [7, 11) is -3.79. The predicted octanol–water partition coefficient (Wildman–Crippen LogP) is 5.58. The van der Waals surface area contributed by atoms with Crippen molar-refractivity contribution in [2.45, 2.75) is 82.2 Å². The van der Waals surface area contributed by atoms with E-state index in [0.717, 1.165) is 30.5 Å². The molecule has 5 rings (SSSR count). The van der Waals surface area contributed by atoms with E-state index in [9.17, 15) is 18.3 Å². The van der Waals surface area contributed by atoms with Gasteiger partial charge in [0, 0.05) is 23.7 Å². The highest BCUT2D eigenvalue weighted by atomic mass is 32.2. The summed E-state index contributed by atoms with van der Waals surface area (Å²) < 4.78 is 47.6. The highest BCUT2D eigenvalue weighted by Crippen LogP contribution is 2.42. The molecule has 0 bridgehead atoms. The number of esters is 1. The number of sulfonamides is 1. The average molecular weight is 623 g/mol. The smallest absolute Gasteiger partial charge is 0.323 e. The number of carbonyl (C=O) groups is 1. The van der Waals surface area contributed by atoms with Crippen LogP contribution in [0.15, 0.2) is 83.8 Å². The molecule has 0 unspecified atom stereocenters. The van der Waals surface area contributed by atoms with Crippen molar-refractivity contribution in [2.24, 2.45) is 5.92 Å². The van der Waals surface area contributed by atoms with E-state index in [2.05, 4.69) is 16.5 Å². The van der Waals surface area contributed by atoms with Gasteiger partial charge in [-0.25, -0.2) is 8.42 Å². The lowest BCUT2D eigenvalue weighted by atomic mass is 9.90. The molecule has 0 aromatic heterocycles. The van der Waals surface area contributed by atoms with E-state index >= 15 is 0 Å². The van der Waals surface area contributed by atoms with Gasteiger partial charge in [0.25, 0.3) is 10.0 Å². The van der Waals surface area contributed by atoms with Gasteiger partial charge in [-0.1, -0.05) is 61.5 Å². The van der Waals surface area contributed by atoms with E-state index in [4.69, 9.17) is 14.2 Å². The number of ether oxygens (including phenoxy) is 3. The molecule has 10 heteroatoms. The number of carbonyl (C=O) groups excluding carboxylic acids is 1. The van der Waals surface area contributed by atoms with Crippen molar-refractivity contribution in [1.29, 1.82) is 0 Å². The predicted molar refractivity (Wildman–Crippen MR) is 167 cm³/mol. The Bertz CT molecular complexity index is 1520. The van der Waals surface area contributed by atoms with Crippen LogP contribution < -0.4 is 4.72 Å². The molecule has 2 N–H and O–H groups in total. The monoisotopic (exact) mass is 622 g/mol. The quantitative estimate of drug-likeness (QED) is 0.298. The lowest BCUT2D eigenvalue weighted by Gasteiger charge is -2.43. The summed E-state index contributed by atoms with van der Waals surface area (Å²) >= 11 is 0. The fraction of sp³-hybridized carbons (Fsp3) is 0.441. The van der Waals surface area contributed by atoms with Crippen LogP contribution in [-0.4, -0.2) is 55.2 Å². The molecule has 2 aliphatic heterocycles. The van der Waals surface area contributed by atoms with Crippen molar-refractivity contribution >= 4 is 21.7 Å². The highest BCUT2D eigenvalue weighted by Gasteiger charge is 2.42. The molecular formula is C34H42N2O7S. The van der Waals surface area contributed by atoms with E-state index in [1.807, 2.05) is 51.1 Å². The third-order valence-electron chi connectivity index (χ3n) is 8.04. The summed E-state index contributed by atoms with van der Waals surface area (Å²) in [6.07, 6.45) is 0.178. The Labute approximate surface area is 260 Å². The maximum absolute atomic E-state index is 13.1. The Morgan fingerprint density at radius 1 is 1.00 bits per heavy atom. The Morgan fingerprint density at radius 2 is 1.73 bits per heavy atom. The van der Waals surface area contributed by atoms with Crippen LogP contribution in [0.5, 0.6) is 0 Å². The molecule has 0 aliphatic carbocycles. The Balaban J connectivity index is 1.41. The SMILES string of the molecule is C[C@@H]1[C@H](CN2CCC[C@H]2C(=O)OC(C)(C)C)O[C@H](c2cccc(NS(=O)(=O)c3ccccc3)c2)O[C@@H]1c1ccc(CO)cc1. The first-order chi connectivity index (χ1) is 20.9. The first kappa shape index (κ1) is 32.1. The third-order valence-corrected chi connectivity index (χ3v) is 9.44. The summed E-state index contributed by atoms with van der Waals surface area (Å²) in [6, 6.07) is 22.6. The number of hydrogen-bond donors (Lipinski definition) is 2. The standard InChI is InChI=1S/C34H42N2O7S/c1-23-30(21-36-19-9-14-29(36)32(38)43-34(2,3)4)41-33(42-31(23)25-17-15-24(22-37)16-18-25)26-10-8-11-27(20-26)35-44(39,40)28-12-6-5-7-13-28/h5-8,10-13,15-18,20,23,29-31,33,35,37H,9,14,19,21-22H2,1-4H3/t23-,29+,30+,31+,33+/m1/s1. The molecule has 2 heterocycles. The number of aliphatic hydroxyl groups is 1. The number of hydrogen-bond acceptors (Lipinski definition) is 8. The Morgan fingerprint density at radius 3 is 2.41 bits per heavy atom. The third kappa shape index (κ3) is 7.68. The van der Waals surface area contributed by atoms with Gasteiger partial charge < -0.3 is 19.3 Å². The summed E-state index contributed by atoms with van der Waals surface area (Å²) in [5, 5.41) is 9.56. The first-order valence-electron chi connectivity index (χ1n) is 15.1. The number of aliphatic hydroxyl groups excluding tert-OH is 1. The number of benzene rings is 3. The fourth-order valence-electron chi connectivity index (χ4n) is 5.80. The number of nitrogens with one attached hydrogen (secondary N) is 1. The molecule has 0 saturated carbocycles. The van der Waals surface area contributed by atoms with Crippen molar-refractivity contribution in [3.63, 3.8) is 0 Å².